The van der Waals surface area contributed by atoms with E-state index in [2.05, 4.69) is 74.3 Å². The molecule has 0 amide bonds. The molecule has 1 heterocycles. The molecule has 0 bridgehead atoms. The topological polar surface area (TPSA) is 33.7 Å². The first-order valence-electron chi connectivity index (χ1n) is 11.0. The highest BCUT2D eigenvalue weighted by Crippen LogP contribution is 2.36. The van der Waals surface area contributed by atoms with Crippen LogP contribution in [0.2, 0.25) is 0 Å². The standard InChI is InChI=1S/C25H36N2O2/c1-6-27(7-2)14-15-29-21-9-11-22-20(16-21)12-13-26-25(22)23-10-8-19(18(3)4)17-24(23)28-5/h8-11,16-18,25-26H,6-7,12-15H2,1-5H3. The van der Waals surface area contributed by atoms with Crippen molar-refractivity contribution in [3.63, 3.8) is 0 Å². The van der Waals surface area contributed by atoms with Crippen molar-refractivity contribution in [2.45, 2.75) is 46.1 Å². The fourth-order valence-corrected chi connectivity index (χ4v) is 4.07. The molecular weight excluding hydrogens is 360 g/mol. The summed E-state index contributed by atoms with van der Waals surface area (Å²) >= 11 is 0. The van der Waals surface area contributed by atoms with Gasteiger partial charge in [-0.25, -0.2) is 0 Å². The molecule has 1 unspecified atom stereocenters. The lowest BCUT2D eigenvalue weighted by Crippen LogP contribution is -2.31. The molecule has 4 nitrogen and oxygen atoms in total. The molecule has 4 heteroatoms. The van der Waals surface area contributed by atoms with Crippen LogP contribution in [0, 0.1) is 0 Å². The zero-order valence-corrected chi connectivity index (χ0v) is 18.6. The van der Waals surface area contributed by atoms with Gasteiger partial charge in [-0.15, -0.1) is 0 Å². The van der Waals surface area contributed by atoms with Crippen molar-refractivity contribution in [3.8, 4) is 11.5 Å². The van der Waals surface area contributed by atoms with E-state index in [1.54, 1.807) is 7.11 Å². The summed E-state index contributed by atoms with van der Waals surface area (Å²) in [6.07, 6.45) is 1.02. The number of likely N-dealkylation sites (N-methyl/N-ethyl adjacent to an activating group) is 1. The molecule has 0 saturated carbocycles. The molecule has 0 spiro atoms. The second-order valence-corrected chi connectivity index (χ2v) is 8.03. The highest BCUT2D eigenvalue weighted by molar-refractivity contribution is 5.49. The van der Waals surface area contributed by atoms with Gasteiger partial charge in [0.1, 0.15) is 18.1 Å². The van der Waals surface area contributed by atoms with Crippen LogP contribution in [0.3, 0.4) is 0 Å². The maximum absolute atomic E-state index is 6.05. The van der Waals surface area contributed by atoms with Crippen LogP contribution in [0.5, 0.6) is 11.5 Å². The average Bonchev–Trinajstić information content (AvgIpc) is 2.75. The van der Waals surface area contributed by atoms with Gasteiger partial charge in [-0.3, -0.25) is 0 Å². The maximum atomic E-state index is 6.05. The second kappa shape index (κ2) is 10.1. The van der Waals surface area contributed by atoms with Crippen LogP contribution >= 0.6 is 0 Å². The highest BCUT2D eigenvalue weighted by Gasteiger charge is 2.24. The lowest BCUT2D eigenvalue weighted by molar-refractivity contribution is 0.222. The third kappa shape index (κ3) is 5.12. The number of ether oxygens (including phenoxy) is 2. The molecule has 0 aliphatic carbocycles. The number of rotatable bonds is 9. The van der Waals surface area contributed by atoms with Gasteiger partial charge in [-0.1, -0.05) is 45.9 Å². The normalized spacial score (nSPS) is 16.2. The second-order valence-electron chi connectivity index (χ2n) is 8.03. The van der Waals surface area contributed by atoms with E-state index in [0.717, 1.165) is 50.7 Å². The Kier molecular flexibility index (Phi) is 7.57. The Morgan fingerprint density at radius 3 is 2.52 bits per heavy atom. The Bertz CT molecular complexity index is 799. The molecule has 29 heavy (non-hydrogen) atoms. The van der Waals surface area contributed by atoms with Gasteiger partial charge in [0, 0.05) is 18.7 Å². The highest BCUT2D eigenvalue weighted by atomic mass is 16.5. The first-order valence-corrected chi connectivity index (χ1v) is 11.0. The molecule has 158 valence electrons. The molecule has 1 aliphatic rings. The van der Waals surface area contributed by atoms with E-state index in [9.17, 15) is 0 Å². The fraction of sp³-hybridized carbons (Fsp3) is 0.520. The van der Waals surface area contributed by atoms with Gasteiger partial charge < -0.3 is 19.7 Å². The average molecular weight is 397 g/mol. The smallest absolute Gasteiger partial charge is 0.124 e. The van der Waals surface area contributed by atoms with E-state index < -0.39 is 0 Å². The van der Waals surface area contributed by atoms with Gasteiger partial charge in [0.2, 0.25) is 0 Å². The van der Waals surface area contributed by atoms with Crippen LogP contribution in [0.4, 0.5) is 0 Å². The van der Waals surface area contributed by atoms with E-state index in [0.29, 0.717) is 5.92 Å². The van der Waals surface area contributed by atoms with Gasteiger partial charge in [0.25, 0.3) is 0 Å². The van der Waals surface area contributed by atoms with Crippen molar-refractivity contribution < 1.29 is 9.47 Å². The number of benzene rings is 2. The molecule has 1 aliphatic heterocycles. The summed E-state index contributed by atoms with van der Waals surface area (Å²) in [4.78, 5) is 2.38. The first kappa shape index (κ1) is 21.7. The van der Waals surface area contributed by atoms with E-state index >= 15 is 0 Å². The Hall–Kier alpha value is -2.04. The van der Waals surface area contributed by atoms with Crippen molar-refractivity contribution in [2.75, 3.05) is 39.9 Å². The Balaban J connectivity index is 1.79. The fourth-order valence-electron chi connectivity index (χ4n) is 4.07. The van der Waals surface area contributed by atoms with Gasteiger partial charge in [0.15, 0.2) is 0 Å². The lowest BCUT2D eigenvalue weighted by atomic mass is 9.88. The minimum atomic E-state index is 0.152. The Morgan fingerprint density at radius 1 is 1.07 bits per heavy atom. The quantitative estimate of drug-likeness (QED) is 0.662. The summed E-state index contributed by atoms with van der Waals surface area (Å²) in [6, 6.07) is 13.3. The largest absolute Gasteiger partial charge is 0.496 e. The molecule has 0 aromatic heterocycles. The van der Waals surface area contributed by atoms with Crippen molar-refractivity contribution in [2.24, 2.45) is 0 Å². The molecule has 1 N–H and O–H groups in total. The molecule has 2 aromatic carbocycles. The zero-order chi connectivity index (χ0) is 20.8. The van der Waals surface area contributed by atoms with Crippen molar-refractivity contribution in [3.05, 3.63) is 58.7 Å². The van der Waals surface area contributed by atoms with Gasteiger partial charge in [-0.2, -0.15) is 0 Å². The minimum absolute atomic E-state index is 0.152. The van der Waals surface area contributed by atoms with Crippen LogP contribution < -0.4 is 14.8 Å². The van der Waals surface area contributed by atoms with E-state index in [1.807, 2.05) is 0 Å². The molecular formula is C25H36N2O2. The molecule has 2 aromatic rings. The van der Waals surface area contributed by atoms with Crippen LogP contribution in [0.25, 0.3) is 0 Å². The third-order valence-electron chi connectivity index (χ3n) is 5.97. The molecule has 3 rings (SSSR count). The Labute approximate surface area is 176 Å². The Morgan fingerprint density at radius 2 is 1.83 bits per heavy atom. The molecule has 1 atom stereocenters. The van der Waals surface area contributed by atoms with Crippen LogP contribution in [-0.4, -0.2) is 44.8 Å². The zero-order valence-electron chi connectivity index (χ0n) is 18.6. The maximum Gasteiger partial charge on any atom is 0.124 e. The minimum Gasteiger partial charge on any atom is -0.496 e. The first-order chi connectivity index (χ1) is 14.1. The van der Waals surface area contributed by atoms with E-state index in [-0.39, 0.29) is 6.04 Å². The predicted molar refractivity (Wildman–Crippen MR) is 120 cm³/mol. The number of nitrogens with one attached hydrogen (secondary N) is 1. The number of nitrogens with zero attached hydrogens (tertiary/aromatic N) is 1. The summed E-state index contributed by atoms with van der Waals surface area (Å²) in [5.41, 5.74) is 5.19. The monoisotopic (exact) mass is 396 g/mol. The summed E-state index contributed by atoms with van der Waals surface area (Å²) < 4.78 is 11.8. The van der Waals surface area contributed by atoms with Crippen molar-refractivity contribution in [1.29, 1.82) is 0 Å². The summed E-state index contributed by atoms with van der Waals surface area (Å²) in [5.74, 6) is 2.42. The predicted octanol–water partition coefficient (Wildman–Crippen LogP) is 4.77. The van der Waals surface area contributed by atoms with Crippen LogP contribution in [0.1, 0.15) is 61.9 Å². The SMILES string of the molecule is CCN(CC)CCOc1ccc2c(c1)CCNC2c1ccc(C(C)C)cc1OC. The number of hydrogen-bond donors (Lipinski definition) is 1. The van der Waals surface area contributed by atoms with Crippen LogP contribution in [-0.2, 0) is 6.42 Å². The van der Waals surface area contributed by atoms with Gasteiger partial charge in [0.05, 0.1) is 13.2 Å². The van der Waals surface area contributed by atoms with E-state index in [4.69, 9.17) is 9.47 Å². The molecule has 0 saturated heterocycles. The molecule has 0 fully saturated rings. The number of fused-ring (bicyclic) bond motifs is 1. The van der Waals surface area contributed by atoms with Crippen LogP contribution in [0.15, 0.2) is 36.4 Å². The summed E-state index contributed by atoms with van der Waals surface area (Å²) in [7, 11) is 1.76. The third-order valence-corrected chi connectivity index (χ3v) is 5.97. The van der Waals surface area contributed by atoms with E-state index in [1.165, 1.54) is 22.3 Å². The lowest BCUT2D eigenvalue weighted by Gasteiger charge is -2.29. The summed E-state index contributed by atoms with van der Waals surface area (Å²) in [5, 5.41) is 3.68. The summed E-state index contributed by atoms with van der Waals surface area (Å²) in [6.45, 7) is 13.6. The number of hydrogen-bond acceptors (Lipinski definition) is 4. The molecule has 0 radical (unpaired) electrons. The van der Waals surface area contributed by atoms with Gasteiger partial charge >= 0.3 is 0 Å². The van der Waals surface area contributed by atoms with Crippen molar-refractivity contribution in [1.82, 2.24) is 10.2 Å². The number of methoxy groups -OCH3 is 1. The van der Waals surface area contributed by atoms with Gasteiger partial charge in [-0.05, 0) is 60.3 Å². The van der Waals surface area contributed by atoms with Crippen molar-refractivity contribution >= 4 is 0 Å².